The van der Waals surface area contributed by atoms with E-state index in [4.69, 9.17) is 27.8 Å². The molecule has 136 valence electrons. The molecule has 1 saturated carbocycles. The second kappa shape index (κ2) is 7.38. The van der Waals surface area contributed by atoms with Crippen molar-refractivity contribution >= 4 is 28.2 Å². The minimum absolute atomic E-state index is 0.192. The summed E-state index contributed by atoms with van der Waals surface area (Å²) in [5.41, 5.74) is 12.5. The Bertz CT molecular complexity index is 739. The molecule has 1 atom stereocenters. The number of pyridine rings is 1. The number of ether oxygens (including phenoxy) is 1. The summed E-state index contributed by atoms with van der Waals surface area (Å²) in [6, 6.07) is 5.97. The van der Waals surface area contributed by atoms with Crippen LogP contribution in [0.2, 0.25) is 5.02 Å². The summed E-state index contributed by atoms with van der Waals surface area (Å²) in [6.07, 6.45) is 8.55. The molecule has 1 aromatic carbocycles. The lowest BCUT2D eigenvalue weighted by Gasteiger charge is -2.43. The van der Waals surface area contributed by atoms with Gasteiger partial charge in [-0.3, -0.25) is 0 Å². The van der Waals surface area contributed by atoms with Gasteiger partial charge in [-0.15, -0.1) is 0 Å². The average molecular weight is 362 g/mol. The summed E-state index contributed by atoms with van der Waals surface area (Å²) in [7, 11) is 0. The predicted molar refractivity (Wildman–Crippen MR) is 105 cm³/mol. The molecule has 5 heteroatoms. The zero-order valence-corrected chi connectivity index (χ0v) is 15.9. The largest absolute Gasteiger partial charge is 0.489 e. The van der Waals surface area contributed by atoms with Gasteiger partial charge in [0.15, 0.2) is 0 Å². The quantitative estimate of drug-likeness (QED) is 0.792. The average Bonchev–Trinajstić information content (AvgIpc) is 2.58. The van der Waals surface area contributed by atoms with Gasteiger partial charge in [0.2, 0.25) is 0 Å². The minimum Gasteiger partial charge on any atom is -0.489 e. The molecule has 4 N–H and O–H groups in total. The van der Waals surface area contributed by atoms with Crippen molar-refractivity contribution in [2.75, 3.05) is 5.73 Å². The minimum atomic E-state index is 0.192. The molecule has 0 aliphatic heterocycles. The first-order valence-electron chi connectivity index (χ1n) is 9.21. The summed E-state index contributed by atoms with van der Waals surface area (Å²) in [4.78, 5) is 4.11. The van der Waals surface area contributed by atoms with Gasteiger partial charge in [0.25, 0.3) is 0 Å². The van der Waals surface area contributed by atoms with Crippen LogP contribution < -0.4 is 16.2 Å². The molecule has 1 fully saturated rings. The van der Waals surface area contributed by atoms with E-state index in [1.165, 1.54) is 12.8 Å². The molecule has 25 heavy (non-hydrogen) atoms. The van der Waals surface area contributed by atoms with Gasteiger partial charge in [-0.1, -0.05) is 24.9 Å². The molecule has 1 heterocycles. The second-order valence-corrected chi connectivity index (χ2v) is 7.83. The second-order valence-electron chi connectivity index (χ2n) is 7.42. The van der Waals surface area contributed by atoms with Crippen molar-refractivity contribution in [3.63, 3.8) is 0 Å². The fraction of sp³-hybridized carbons (Fsp3) is 0.550. The van der Waals surface area contributed by atoms with Crippen LogP contribution in [0, 0.1) is 5.41 Å². The number of anilines is 1. The van der Waals surface area contributed by atoms with Crippen molar-refractivity contribution < 1.29 is 4.74 Å². The van der Waals surface area contributed by atoms with E-state index in [1.54, 1.807) is 6.20 Å². The fourth-order valence-corrected chi connectivity index (χ4v) is 4.39. The molecule has 1 aliphatic rings. The van der Waals surface area contributed by atoms with Crippen LogP contribution >= 0.6 is 11.6 Å². The Morgan fingerprint density at radius 1 is 1.36 bits per heavy atom. The van der Waals surface area contributed by atoms with E-state index in [2.05, 4.69) is 18.8 Å². The van der Waals surface area contributed by atoms with Crippen molar-refractivity contribution in [2.45, 2.75) is 64.5 Å². The van der Waals surface area contributed by atoms with Crippen LogP contribution in [0.5, 0.6) is 5.75 Å². The highest BCUT2D eigenvalue weighted by molar-refractivity contribution is 6.33. The van der Waals surface area contributed by atoms with E-state index in [0.717, 1.165) is 42.2 Å². The molecule has 1 aromatic heterocycles. The molecule has 0 amide bonds. The lowest BCUT2D eigenvalue weighted by molar-refractivity contribution is 0.0580. The molecule has 3 rings (SSSR count). The van der Waals surface area contributed by atoms with Crippen molar-refractivity contribution in [1.82, 2.24) is 4.98 Å². The Hall–Kier alpha value is -1.52. The summed E-state index contributed by atoms with van der Waals surface area (Å²) >= 11 is 6.42. The molecule has 2 aromatic rings. The molecule has 0 spiro atoms. The molecular weight excluding hydrogens is 334 g/mol. The lowest BCUT2D eigenvalue weighted by atomic mass is 9.66. The SMILES string of the molecule is CCCC1(C(C)N)CCC(Oc2cc3ccnc(N)c3cc2Cl)CC1. The lowest BCUT2D eigenvalue weighted by Crippen LogP contribution is -2.44. The Balaban J connectivity index is 1.74. The van der Waals surface area contributed by atoms with Gasteiger partial charge in [0.05, 0.1) is 11.1 Å². The van der Waals surface area contributed by atoms with Gasteiger partial charge in [-0.25, -0.2) is 4.98 Å². The highest BCUT2D eigenvalue weighted by Gasteiger charge is 2.38. The molecule has 0 radical (unpaired) electrons. The summed E-state index contributed by atoms with van der Waals surface area (Å²) in [5, 5.41) is 2.45. The predicted octanol–water partition coefficient (Wildman–Crippen LogP) is 4.93. The van der Waals surface area contributed by atoms with Crippen molar-refractivity contribution in [3.8, 4) is 5.75 Å². The van der Waals surface area contributed by atoms with Gasteiger partial charge in [-0.05, 0) is 68.0 Å². The van der Waals surface area contributed by atoms with Gasteiger partial charge in [0, 0.05) is 17.6 Å². The number of fused-ring (bicyclic) bond motifs is 1. The molecule has 0 saturated heterocycles. The first-order valence-corrected chi connectivity index (χ1v) is 9.59. The number of nitrogen functional groups attached to an aromatic ring is 1. The first-order chi connectivity index (χ1) is 11.9. The number of hydrogen-bond acceptors (Lipinski definition) is 4. The standard InChI is InChI=1S/C20H28ClN3O/c1-3-7-20(13(2)22)8-4-15(5-9-20)25-18-11-14-6-10-24-19(23)16(14)12-17(18)21/h6,10-13,15H,3-5,7-9,22H2,1-2H3,(H2,23,24). The summed E-state index contributed by atoms with van der Waals surface area (Å²) in [5.74, 6) is 1.22. The number of benzene rings is 1. The van der Waals surface area contributed by atoms with Gasteiger partial charge < -0.3 is 16.2 Å². The Morgan fingerprint density at radius 2 is 2.08 bits per heavy atom. The monoisotopic (exact) mass is 361 g/mol. The molecule has 1 aliphatic carbocycles. The Labute approximate surface area is 154 Å². The Kier molecular flexibility index (Phi) is 5.40. The normalized spacial score (nSPS) is 25.0. The number of nitrogens with two attached hydrogens (primary N) is 2. The summed E-state index contributed by atoms with van der Waals surface area (Å²) in [6.45, 7) is 4.39. The molecule has 4 nitrogen and oxygen atoms in total. The van der Waals surface area contributed by atoms with E-state index in [1.807, 2.05) is 18.2 Å². The number of hydrogen-bond donors (Lipinski definition) is 2. The molecule has 0 bridgehead atoms. The molecular formula is C20H28ClN3O. The summed E-state index contributed by atoms with van der Waals surface area (Å²) < 4.78 is 6.25. The van der Waals surface area contributed by atoms with Gasteiger partial charge >= 0.3 is 0 Å². The van der Waals surface area contributed by atoms with Crippen LogP contribution in [0.1, 0.15) is 52.4 Å². The van der Waals surface area contributed by atoms with E-state index in [-0.39, 0.29) is 17.6 Å². The smallest absolute Gasteiger partial charge is 0.138 e. The topological polar surface area (TPSA) is 74.2 Å². The third kappa shape index (κ3) is 3.70. The van der Waals surface area contributed by atoms with Crippen LogP contribution in [-0.4, -0.2) is 17.1 Å². The van der Waals surface area contributed by atoms with E-state index < -0.39 is 0 Å². The highest BCUT2D eigenvalue weighted by Crippen LogP contribution is 2.44. The van der Waals surface area contributed by atoms with Crippen LogP contribution in [0.3, 0.4) is 0 Å². The van der Waals surface area contributed by atoms with Crippen molar-refractivity contribution in [3.05, 3.63) is 29.4 Å². The maximum atomic E-state index is 6.42. The third-order valence-corrected chi connectivity index (χ3v) is 6.08. The fourth-order valence-electron chi connectivity index (χ4n) is 4.18. The number of halogens is 1. The van der Waals surface area contributed by atoms with Crippen molar-refractivity contribution in [2.24, 2.45) is 11.1 Å². The molecule has 1 unspecified atom stereocenters. The highest BCUT2D eigenvalue weighted by atomic mass is 35.5. The first kappa shape index (κ1) is 18.3. The Morgan fingerprint density at radius 3 is 2.72 bits per heavy atom. The van der Waals surface area contributed by atoms with Crippen LogP contribution in [0.4, 0.5) is 5.82 Å². The van der Waals surface area contributed by atoms with E-state index >= 15 is 0 Å². The van der Waals surface area contributed by atoms with Gasteiger partial charge in [-0.2, -0.15) is 0 Å². The zero-order valence-electron chi connectivity index (χ0n) is 15.1. The number of nitrogens with zero attached hydrogens (tertiary/aromatic N) is 1. The van der Waals surface area contributed by atoms with Crippen LogP contribution in [0.15, 0.2) is 24.4 Å². The van der Waals surface area contributed by atoms with E-state index in [9.17, 15) is 0 Å². The zero-order chi connectivity index (χ0) is 18.0. The third-order valence-electron chi connectivity index (χ3n) is 5.78. The van der Waals surface area contributed by atoms with Crippen LogP contribution in [-0.2, 0) is 0 Å². The number of rotatable bonds is 5. The van der Waals surface area contributed by atoms with Gasteiger partial charge in [0.1, 0.15) is 11.6 Å². The number of aromatic nitrogens is 1. The van der Waals surface area contributed by atoms with Crippen LogP contribution in [0.25, 0.3) is 10.8 Å². The maximum absolute atomic E-state index is 6.42. The van der Waals surface area contributed by atoms with E-state index in [0.29, 0.717) is 10.8 Å². The maximum Gasteiger partial charge on any atom is 0.138 e. The van der Waals surface area contributed by atoms with Crippen molar-refractivity contribution in [1.29, 1.82) is 0 Å².